The molecule has 1 aromatic heterocycles. The number of nitrogens with zero attached hydrogens (tertiary/aromatic N) is 1. The van der Waals surface area contributed by atoms with Crippen molar-refractivity contribution in [2.24, 2.45) is 0 Å². The van der Waals surface area contributed by atoms with E-state index in [1.165, 1.54) is 17.8 Å². The Balaban J connectivity index is 2.13. The second kappa shape index (κ2) is 5.45. The van der Waals surface area contributed by atoms with Gasteiger partial charge in [-0.1, -0.05) is 27.7 Å². The molecule has 1 heterocycles. The number of nitrogens with one attached hydrogen (secondary N) is 1. The molecule has 0 fully saturated rings. The topological polar surface area (TPSA) is 97.8 Å². The molecule has 0 amide bonds. The first-order chi connectivity index (χ1) is 8.52. The zero-order valence-electron chi connectivity index (χ0n) is 9.31. The predicted octanol–water partition coefficient (Wildman–Crippen LogP) is 1.99. The molecule has 18 heavy (non-hydrogen) atoms. The SMILES string of the molecule is Nc1cc(Br)cc(CSc2nc(N)cc(=O)[nH]2)c1. The smallest absolute Gasteiger partial charge is 0.253 e. The number of aromatic nitrogens is 2. The summed E-state index contributed by atoms with van der Waals surface area (Å²) in [5.41, 5.74) is 12.7. The van der Waals surface area contributed by atoms with Gasteiger partial charge in [-0.2, -0.15) is 0 Å². The third-order valence-electron chi connectivity index (χ3n) is 2.10. The Bertz CT molecular complexity index is 608. The maximum atomic E-state index is 11.2. The van der Waals surface area contributed by atoms with E-state index in [1.807, 2.05) is 18.2 Å². The fourth-order valence-corrected chi connectivity index (χ4v) is 2.80. The molecule has 0 atom stereocenters. The molecule has 5 N–H and O–H groups in total. The summed E-state index contributed by atoms with van der Waals surface area (Å²) in [6.45, 7) is 0. The number of H-pyrrole nitrogens is 1. The minimum atomic E-state index is -0.251. The summed E-state index contributed by atoms with van der Waals surface area (Å²) in [4.78, 5) is 17.9. The molecule has 2 rings (SSSR count). The van der Waals surface area contributed by atoms with E-state index in [0.29, 0.717) is 16.6 Å². The van der Waals surface area contributed by atoms with Crippen molar-refractivity contribution >= 4 is 39.2 Å². The maximum Gasteiger partial charge on any atom is 0.253 e. The Morgan fingerprint density at radius 2 is 2.06 bits per heavy atom. The van der Waals surface area contributed by atoms with Gasteiger partial charge < -0.3 is 16.5 Å². The Hall–Kier alpha value is -1.47. The molecule has 0 bridgehead atoms. The van der Waals surface area contributed by atoms with Crippen LogP contribution in [0.25, 0.3) is 0 Å². The number of anilines is 2. The van der Waals surface area contributed by atoms with Gasteiger partial charge >= 0.3 is 0 Å². The second-order valence-corrected chi connectivity index (χ2v) is 5.54. The number of nitrogens with two attached hydrogens (primary N) is 2. The van der Waals surface area contributed by atoms with Gasteiger partial charge in [0.25, 0.3) is 5.56 Å². The van der Waals surface area contributed by atoms with E-state index in [-0.39, 0.29) is 11.4 Å². The lowest BCUT2D eigenvalue weighted by atomic mass is 10.2. The third-order valence-corrected chi connectivity index (χ3v) is 3.50. The van der Waals surface area contributed by atoms with Crippen LogP contribution in [-0.4, -0.2) is 9.97 Å². The highest BCUT2D eigenvalue weighted by atomic mass is 79.9. The molecule has 0 spiro atoms. The summed E-state index contributed by atoms with van der Waals surface area (Å²) in [6, 6.07) is 6.92. The van der Waals surface area contributed by atoms with E-state index in [9.17, 15) is 4.79 Å². The molecular formula is C11H11BrN4OS. The van der Waals surface area contributed by atoms with Crippen LogP contribution in [0.15, 0.2) is 38.7 Å². The third kappa shape index (κ3) is 3.51. The van der Waals surface area contributed by atoms with Crippen LogP contribution in [0.1, 0.15) is 5.56 Å². The van der Waals surface area contributed by atoms with Gasteiger partial charge in [0.05, 0.1) is 0 Å². The summed E-state index contributed by atoms with van der Waals surface area (Å²) in [5.74, 6) is 0.866. The number of thioether (sulfide) groups is 1. The molecule has 1 aromatic carbocycles. The second-order valence-electron chi connectivity index (χ2n) is 3.66. The van der Waals surface area contributed by atoms with Crippen molar-refractivity contribution in [1.29, 1.82) is 0 Å². The van der Waals surface area contributed by atoms with E-state index in [4.69, 9.17) is 11.5 Å². The van der Waals surface area contributed by atoms with E-state index in [1.54, 1.807) is 0 Å². The number of rotatable bonds is 3. The molecule has 0 aliphatic carbocycles. The van der Waals surface area contributed by atoms with Crippen LogP contribution in [0.4, 0.5) is 11.5 Å². The first-order valence-electron chi connectivity index (χ1n) is 5.07. The Labute approximate surface area is 116 Å². The van der Waals surface area contributed by atoms with Crippen LogP contribution in [0.2, 0.25) is 0 Å². The van der Waals surface area contributed by atoms with Gasteiger partial charge in [0.1, 0.15) is 5.82 Å². The van der Waals surface area contributed by atoms with Gasteiger partial charge in [-0.3, -0.25) is 4.79 Å². The summed E-state index contributed by atoms with van der Waals surface area (Å²) in [5, 5.41) is 0.499. The van der Waals surface area contributed by atoms with E-state index in [0.717, 1.165) is 10.0 Å². The van der Waals surface area contributed by atoms with Crippen molar-refractivity contribution in [3.8, 4) is 0 Å². The zero-order chi connectivity index (χ0) is 13.1. The summed E-state index contributed by atoms with van der Waals surface area (Å²) >= 11 is 4.78. The molecule has 94 valence electrons. The number of halogens is 1. The number of nitrogen functional groups attached to an aromatic ring is 2. The minimum Gasteiger partial charge on any atom is -0.399 e. The fraction of sp³-hybridized carbons (Fsp3) is 0.0909. The van der Waals surface area contributed by atoms with Crippen molar-refractivity contribution in [3.05, 3.63) is 44.7 Å². The first-order valence-corrected chi connectivity index (χ1v) is 6.85. The highest BCUT2D eigenvalue weighted by molar-refractivity contribution is 9.10. The van der Waals surface area contributed by atoms with Gasteiger partial charge in [-0.25, -0.2) is 4.98 Å². The minimum absolute atomic E-state index is 0.218. The maximum absolute atomic E-state index is 11.2. The predicted molar refractivity (Wildman–Crippen MR) is 77.4 cm³/mol. The average molecular weight is 327 g/mol. The Morgan fingerprint density at radius 3 is 2.72 bits per heavy atom. The first kappa shape index (κ1) is 13.0. The van der Waals surface area contributed by atoms with E-state index < -0.39 is 0 Å². The van der Waals surface area contributed by atoms with Crippen molar-refractivity contribution in [2.45, 2.75) is 10.9 Å². The van der Waals surface area contributed by atoms with Crippen LogP contribution in [0.5, 0.6) is 0 Å². The molecule has 0 saturated carbocycles. The van der Waals surface area contributed by atoms with Crippen LogP contribution >= 0.6 is 27.7 Å². The summed E-state index contributed by atoms with van der Waals surface area (Å²) in [6.07, 6.45) is 0. The molecule has 0 unspecified atom stereocenters. The van der Waals surface area contributed by atoms with Crippen LogP contribution in [-0.2, 0) is 5.75 Å². The van der Waals surface area contributed by atoms with Crippen LogP contribution in [0.3, 0.4) is 0 Å². The lowest BCUT2D eigenvalue weighted by Gasteiger charge is -2.04. The number of benzene rings is 1. The Morgan fingerprint density at radius 1 is 1.28 bits per heavy atom. The quantitative estimate of drug-likeness (QED) is 0.455. The van der Waals surface area contributed by atoms with Gasteiger partial charge in [0, 0.05) is 22.0 Å². The lowest BCUT2D eigenvalue weighted by Crippen LogP contribution is -2.09. The number of hydrogen-bond acceptors (Lipinski definition) is 5. The van der Waals surface area contributed by atoms with E-state index in [2.05, 4.69) is 25.9 Å². The molecular weight excluding hydrogens is 316 g/mol. The molecule has 0 aliphatic heterocycles. The standard InChI is InChI=1S/C11H11BrN4OS/c12-7-1-6(2-8(13)3-7)5-18-11-15-9(14)4-10(17)16-11/h1-4H,5,13H2,(H3,14,15,16,17). The van der Waals surface area contributed by atoms with Crippen LogP contribution < -0.4 is 17.0 Å². The van der Waals surface area contributed by atoms with Gasteiger partial charge in [0.15, 0.2) is 5.16 Å². The summed E-state index contributed by atoms with van der Waals surface area (Å²) in [7, 11) is 0. The van der Waals surface area contributed by atoms with Gasteiger partial charge in [-0.05, 0) is 23.8 Å². The van der Waals surface area contributed by atoms with Gasteiger partial charge in [0.2, 0.25) is 0 Å². The highest BCUT2D eigenvalue weighted by Gasteiger charge is 2.02. The number of aromatic amines is 1. The molecule has 0 aliphatic rings. The largest absolute Gasteiger partial charge is 0.399 e. The van der Waals surface area contributed by atoms with Gasteiger partial charge in [-0.15, -0.1) is 0 Å². The van der Waals surface area contributed by atoms with Crippen molar-refractivity contribution in [3.63, 3.8) is 0 Å². The monoisotopic (exact) mass is 326 g/mol. The molecule has 7 heteroatoms. The Kier molecular flexibility index (Phi) is 3.93. The lowest BCUT2D eigenvalue weighted by molar-refractivity contribution is 0.945. The van der Waals surface area contributed by atoms with E-state index >= 15 is 0 Å². The molecule has 0 saturated heterocycles. The molecule has 0 radical (unpaired) electrons. The number of hydrogen-bond donors (Lipinski definition) is 3. The fourth-order valence-electron chi connectivity index (χ4n) is 1.43. The highest BCUT2D eigenvalue weighted by Crippen LogP contribution is 2.23. The average Bonchev–Trinajstić information content (AvgIpc) is 2.23. The van der Waals surface area contributed by atoms with Crippen molar-refractivity contribution in [1.82, 2.24) is 9.97 Å². The summed E-state index contributed by atoms with van der Waals surface area (Å²) < 4.78 is 0.923. The van der Waals surface area contributed by atoms with Crippen LogP contribution in [0, 0.1) is 0 Å². The normalized spacial score (nSPS) is 10.5. The van der Waals surface area contributed by atoms with Crippen molar-refractivity contribution < 1.29 is 0 Å². The zero-order valence-corrected chi connectivity index (χ0v) is 11.7. The van der Waals surface area contributed by atoms with Crippen molar-refractivity contribution in [2.75, 3.05) is 11.5 Å². The molecule has 2 aromatic rings. The molecule has 5 nitrogen and oxygen atoms in total.